The molecule has 4 N–H and O–H groups in total. The van der Waals surface area contributed by atoms with Gasteiger partial charge in [0.25, 0.3) is 0 Å². The number of ether oxygens (including phenoxy) is 2. The second-order valence-electron chi connectivity index (χ2n) is 9.26. The molecule has 0 spiro atoms. The molecule has 2 aromatic rings. The molecule has 0 aromatic heterocycles. The lowest BCUT2D eigenvalue weighted by atomic mass is 9.90. The number of rotatable bonds is 6. The molecule has 6 nitrogen and oxygen atoms in total. The van der Waals surface area contributed by atoms with Gasteiger partial charge < -0.3 is 29.9 Å². The van der Waals surface area contributed by atoms with Crippen LogP contribution in [0.5, 0.6) is 5.75 Å². The summed E-state index contributed by atoms with van der Waals surface area (Å²) in [6.45, 7) is -0.460. The van der Waals surface area contributed by atoms with Crippen molar-refractivity contribution in [3.63, 3.8) is 0 Å². The topological polar surface area (TPSA) is 99.4 Å². The number of hydrogen-bond donors (Lipinski definition) is 4. The van der Waals surface area contributed by atoms with Gasteiger partial charge in [-0.3, -0.25) is 0 Å². The van der Waals surface area contributed by atoms with E-state index in [0.717, 1.165) is 28.7 Å². The predicted molar refractivity (Wildman–Crippen MR) is 119 cm³/mol. The molecule has 7 heteroatoms. The van der Waals surface area contributed by atoms with Crippen LogP contribution < -0.4 is 4.74 Å². The summed E-state index contributed by atoms with van der Waals surface area (Å²) in [4.78, 5) is 0. The van der Waals surface area contributed by atoms with Gasteiger partial charge in [-0.25, -0.2) is 0 Å². The first-order valence-corrected chi connectivity index (χ1v) is 11.7. The molecule has 2 aliphatic carbocycles. The quantitative estimate of drug-likeness (QED) is 0.529. The van der Waals surface area contributed by atoms with Crippen LogP contribution >= 0.6 is 11.6 Å². The molecule has 1 aliphatic heterocycles. The number of aliphatic hydroxyl groups is 4. The molecule has 0 bridgehead atoms. The third-order valence-electron chi connectivity index (χ3n) is 7.21. The van der Waals surface area contributed by atoms with Gasteiger partial charge in [0.05, 0.1) is 6.61 Å². The van der Waals surface area contributed by atoms with Crippen molar-refractivity contribution in [2.24, 2.45) is 11.8 Å². The lowest BCUT2D eigenvalue weighted by Crippen LogP contribution is -2.55. The zero-order valence-electron chi connectivity index (χ0n) is 17.7. The Bertz CT molecular complexity index is 938. The van der Waals surface area contributed by atoms with E-state index in [1.807, 2.05) is 30.3 Å². The molecule has 0 amide bonds. The van der Waals surface area contributed by atoms with Crippen LogP contribution in [0.1, 0.15) is 42.1 Å². The summed E-state index contributed by atoms with van der Waals surface area (Å²) in [5, 5.41) is 40.6. The molecule has 2 saturated carbocycles. The van der Waals surface area contributed by atoms with Gasteiger partial charge in [-0.05, 0) is 54.2 Å². The van der Waals surface area contributed by atoms with E-state index in [2.05, 4.69) is 0 Å². The highest BCUT2D eigenvalue weighted by Gasteiger charge is 2.54. The fraction of sp³-hybridized carbons (Fsp3) is 0.520. The lowest BCUT2D eigenvalue weighted by molar-refractivity contribution is -0.231. The number of aliphatic hydroxyl groups excluding tert-OH is 4. The standard InChI is InChI=1S/C25H29ClO6/c26-19-9-6-14(24-23(30)22(29)21(28)20(12-27)32-24)11-15(19)10-13-4-7-16(8-5-13)31-25-17-2-1-3-18(17)25/h4-9,11,17-18,20-25,27-30H,1-3,10,12H2/t17?,18?,20-,21-,22+,23-,24+,25?/m1/s1. The molecule has 2 unspecified atom stereocenters. The Hall–Kier alpha value is -1.67. The van der Waals surface area contributed by atoms with Crippen LogP contribution in [0.2, 0.25) is 5.02 Å². The van der Waals surface area contributed by atoms with Crippen molar-refractivity contribution in [2.75, 3.05) is 6.61 Å². The predicted octanol–water partition coefficient (Wildman–Crippen LogP) is 2.62. The first-order chi connectivity index (χ1) is 15.5. The van der Waals surface area contributed by atoms with Crippen LogP contribution in [0, 0.1) is 11.8 Å². The highest BCUT2D eigenvalue weighted by atomic mass is 35.5. The summed E-state index contributed by atoms with van der Waals surface area (Å²) >= 11 is 6.43. The van der Waals surface area contributed by atoms with Gasteiger partial charge in [-0.15, -0.1) is 0 Å². The molecule has 1 heterocycles. The van der Waals surface area contributed by atoms with E-state index in [0.29, 0.717) is 23.1 Å². The Balaban J connectivity index is 1.29. The maximum Gasteiger partial charge on any atom is 0.119 e. The Morgan fingerprint density at radius 1 is 0.938 bits per heavy atom. The second-order valence-corrected chi connectivity index (χ2v) is 9.67. The Morgan fingerprint density at radius 2 is 1.66 bits per heavy atom. The summed E-state index contributed by atoms with van der Waals surface area (Å²) in [5.41, 5.74) is 2.55. The fourth-order valence-corrected chi connectivity index (χ4v) is 5.46. The van der Waals surface area contributed by atoms with Crippen molar-refractivity contribution in [1.29, 1.82) is 0 Å². The molecule has 2 aromatic carbocycles. The van der Waals surface area contributed by atoms with Crippen LogP contribution in [-0.2, 0) is 11.2 Å². The van der Waals surface area contributed by atoms with Crippen LogP contribution in [0.25, 0.3) is 0 Å². The minimum atomic E-state index is -1.41. The average molecular weight is 461 g/mol. The largest absolute Gasteiger partial charge is 0.490 e. The van der Waals surface area contributed by atoms with Crippen molar-refractivity contribution < 1.29 is 29.9 Å². The molecular weight excluding hydrogens is 432 g/mol. The maximum atomic E-state index is 10.4. The Morgan fingerprint density at radius 3 is 2.34 bits per heavy atom. The van der Waals surface area contributed by atoms with Crippen molar-refractivity contribution in [1.82, 2.24) is 0 Å². The molecule has 32 heavy (non-hydrogen) atoms. The third-order valence-corrected chi connectivity index (χ3v) is 7.58. The average Bonchev–Trinajstić information content (AvgIpc) is 3.20. The zero-order chi connectivity index (χ0) is 22.4. The van der Waals surface area contributed by atoms with E-state index in [-0.39, 0.29) is 0 Å². The van der Waals surface area contributed by atoms with Crippen LogP contribution in [0.3, 0.4) is 0 Å². The van der Waals surface area contributed by atoms with Crippen molar-refractivity contribution >= 4 is 11.6 Å². The van der Waals surface area contributed by atoms with Gasteiger partial charge in [0, 0.05) is 16.9 Å². The normalized spacial score (nSPS) is 36.0. The molecule has 0 radical (unpaired) electrons. The van der Waals surface area contributed by atoms with Crippen molar-refractivity contribution in [3.05, 3.63) is 64.2 Å². The second kappa shape index (κ2) is 8.93. The summed E-state index contributed by atoms with van der Waals surface area (Å²) in [7, 11) is 0. The van der Waals surface area contributed by atoms with E-state index < -0.39 is 37.1 Å². The fourth-order valence-electron chi connectivity index (χ4n) is 5.28. The van der Waals surface area contributed by atoms with Crippen LogP contribution in [0.15, 0.2) is 42.5 Å². The summed E-state index contributed by atoms with van der Waals surface area (Å²) < 4.78 is 11.8. The van der Waals surface area contributed by atoms with E-state index in [1.54, 1.807) is 12.1 Å². The van der Waals surface area contributed by atoms with Gasteiger partial charge in [0.15, 0.2) is 0 Å². The summed E-state index contributed by atoms with van der Waals surface area (Å²) in [6, 6.07) is 13.4. The van der Waals surface area contributed by atoms with E-state index in [4.69, 9.17) is 21.1 Å². The first-order valence-electron chi connectivity index (χ1n) is 11.3. The number of benzene rings is 2. The molecule has 3 aliphatic rings. The molecule has 7 atom stereocenters. The van der Waals surface area contributed by atoms with E-state index >= 15 is 0 Å². The van der Waals surface area contributed by atoms with Crippen LogP contribution in [0.4, 0.5) is 0 Å². The number of fused-ring (bicyclic) bond motifs is 1. The Labute approximate surface area is 192 Å². The van der Waals surface area contributed by atoms with Gasteiger partial charge in [-0.2, -0.15) is 0 Å². The number of hydrogen-bond acceptors (Lipinski definition) is 6. The monoisotopic (exact) mass is 460 g/mol. The highest BCUT2D eigenvalue weighted by molar-refractivity contribution is 6.31. The van der Waals surface area contributed by atoms with Gasteiger partial charge >= 0.3 is 0 Å². The van der Waals surface area contributed by atoms with Crippen molar-refractivity contribution in [3.8, 4) is 5.75 Å². The summed E-state index contributed by atoms with van der Waals surface area (Å²) in [6.07, 6.45) is -1.06. The number of halogens is 1. The van der Waals surface area contributed by atoms with Crippen molar-refractivity contribution in [2.45, 2.75) is 62.3 Å². The molecule has 3 fully saturated rings. The molecule has 5 rings (SSSR count). The maximum absolute atomic E-state index is 10.4. The Kier molecular flexibility index (Phi) is 6.18. The van der Waals surface area contributed by atoms with Crippen LogP contribution in [-0.4, -0.2) is 57.6 Å². The minimum Gasteiger partial charge on any atom is -0.490 e. The minimum absolute atomic E-state index is 0.388. The summed E-state index contributed by atoms with van der Waals surface area (Å²) in [5.74, 6) is 2.39. The van der Waals surface area contributed by atoms with Gasteiger partial charge in [0.1, 0.15) is 42.4 Å². The zero-order valence-corrected chi connectivity index (χ0v) is 18.4. The molecular formula is C25H29ClO6. The third kappa shape index (κ3) is 4.16. The van der Waals surface area contributed by atoms with E-state index in [9.17, 15) is 20.4 Å². The first kappa shape index (κ1) is 22.1. The molecule has 172 valence electrons. The lowest BCUT2D eigenvalue weighted by Gasteiger charge is -2.40. The highest BCUT2D eigenvalue weighted by Crippen LogP contribution is 2.53. The molecule has 1 saturated heterocycles. The SMILES string of the molecule is OC[C@H]1O[C@@H](c2ccc(Cl)c(Cc3ccc(OC4C5CCCC54)cc3)c2)[C@H](O)[C@@H](O)[C@@H]1O. The van der Waals surface area contributed by atoms with Gasteiger partial charge in [-0.1, -0.05) is 42.3 Å². The smallest absolute Gasteiger partial charge is 0.119 e. The van der Waals surface area contributed by atoms with E-state index in [1.165, 1.54) is 19.3 Å². The van der Waals surface area contributed by atoms with Gasteiger partial charge in [0.2, 0.25) is 0 Å².